The lowest BCUT2D eigenvalue weighted by atomic mass is 10.1. The van der Waals surface area contributed by atoms with Crippen molar-refractivity contribution in [2.45, 2.75) is 6.92 Å². The topological polar surface area (TPSA) is 64.9 Å². The molecule has 0 saturated carbocycles. The van der Waals surface area contributed by atoms with Crippen LogP contribution in [-0.2, 0) is 0 Å². The fourth-order valence-electron chi connectivity index (χ4n) is 1.87. The van der Waals surface area contributed by atoms with Crippen LogP contribution in [0.4, 0.5) is 10.1 Å². The van der Waals surface area contributed by atoms with E-state index in [0.29, 0.717) is 23.0 Å². The first-order chi connectivity index (χ1) is 10.0. The van der Waals surface area contributed by atoms with Crippen molar-refractivity contribution in [2.24, 2.45) is 0 Å². The van der Waals surface area contributed by atoms with Gasteiger partial charge in [-0.05, 0) is 42.8 Å². The number of halogens is 2. The Morgan fingerprint density at radius 1 is 1.14 bits per heavy atom. The predicted molar refractivity (Wildman–Crippen MR) is 79.3 cm³/mol. The first kappa shape index (κ1) is 13.6. The number of hydrogen-bond acceptors (Lipinski definition) is 4. The zero-order valence-electron chi connectivity index (χ0n) is 11.1. The molecule has 2 aromatic carbocycles. The summed E-state index contributed by atoms with van der Waals surface area (Å²) < 4.78 is 18.4. The highest BCUT2D eigenvalue weighted by Crippen LogP contribution is 2.27. The fourth-order valence-corrected chi connectivity index (χ4v) is 2.05. The molecule has 21 heavy (non-hydrogen) atoms. The number of rotatable bonds is 2. The minimum atomic E-state index is -0.490. The fraction of sp³-hybridized carbons (Fsp3) is 0.0667. The Morgan fingerprint density at radius 3 is 2.62 bits per heavy atom. The van der Waals surface area contributed by atoms with Gasteiger partial charge in [0.1, 0.15) is 5.82 Å². The molecule has 0 unspecified atom stereocenters. The normalized spacial score (nSPS) is 10.8. The lowest BCUT2D eigenvalue weighted by Gasteiger charge is -2.00. The van der Waals surface area contributed by atoms with Crippen LogP contribution >= 0.6 is 11.6 Å². The Kier molecular flexibility index (Phi) is 3.35. The first-order valence-electron chi connectivity index (χ1n) is 6.20. The monoisotopic (exact) mass is 303 g/mol. The third-order valence-corrected chi connectivity index (χ3v) is 3.42. The highest BCUT2D eigenvalue weighted by atomic mass is 35.5. The molecule has 4 nitrogen and oxygen atoms in total. The van der Waals surface area contributed by atoms with Gasteiger partial charge in [-0.15, -0.1) is 0 Å². The van der Waals surface area contributed by atoms with E-state index in [9.17, 15) is 4.39 Å². The number of aromatic nitrogens is 2. The molecule has 0 spiro atoms. The van der Waals surface area contributed by atoms with Crippen LogP contribution in [0.5, 0.6) is 0 Å². The Labute approximate surface area is 125 Å². The van der Waals surface area contributed by atoms with E-state index < -0.39 is 5.82 Å². The smallest absolute Gasteiger partial charge is 0.258 e. The van der Waals surface area contributed by atoms with Gasteiger partial charge in [0.15, 0.2) is 0 Å². The standard InChI is InChI=1S/C15H11ClFN3O/c1-8-2-3-10(7-13(8)18)15-19-14(20-21-15)9-4-5-12(17)11(16)6-9/h2-7H,18H2,1H3. The van der Waals surface area contributed by atoms with Crippen LogP contribution in [0.3, 0.4) is 0 Å². The zero-order chi connectivity index (χ0) is 15.0. The second kappa shape index (κ2) is 5.18. The van der Waals surface area contributed by atoms with Gasteiger partial charge in [-0.2, -0.15) is 4.98 Å². The highest BCUT2D eigenvalue weighted by molar-refractivity contribution is 6.31. The van der Waals surface area contributed by atoms with Crippen molar-refractivity contribution < 1.29 is 8.91 Å². The average molecular weight is 304 g/mol. The van der Waals surface area contributed by atoms with Crippen LogP contribution in [0.1, 0.15) is 5.56 Å². The number of benzene rings is 2. The van der Waals surface area contributed by atoms with Crippen LogP contribution < -0.4 is 5.73 Å². The van der Waals surface area contributed by atoms with E-state index in [0.717, 1.165) is 11.1 Å². The summed E-state index contributed by atoms with van der Waals surface area (Å²) in [6.07, 6.45) is 0. The molecule has 3 aromatic rings. The molecular weight excluding hydrogens is 293 g/mol. The molecule has 0 fully saturated rings. The maximum atomic E-state index is 13.2. The van der Waals surface area contributed by atoms with Gasteiger partial charge in [0.25, 0.3) is 5.89 Å². The molecule has 0 aliphatic rings. The maximum absolute atomic E-state index is 13.2. The summed E-state index contributed by atoms with van der Waals surface area (Å²) in [5, 5.41) is 3.89. The molecule has 1 heterocycles. The summed E-state index contributed by atoms with van der Waals surface area (Å²) in [6, 6.07) is 9.75. The van der Waals surface area contributed by atoms with Crippen molar-refractivity contribution in [3.05, 3.63) is 52.8 Å². The van der Waals surface area contributed by atoms with E-state index in [1.807, 2.05) is 19.1 Å². The van der Waals surface area contributed by atoms with Gasteiger partial charge in [-0.25, -0.2) is 4.39 Å². The first-order valence-corrected chi connectivity index (χ1v) is 6.58. The molecule has 0 aliphatic carbocycles. The van der Waals surface area contributed by atoms with Crippen molar-refractivity contribution in [3.63, 3.8) is 0 Å². The molecule has 1 aromatic heterocycles. The SMILES string of the molecule is Cc1ccc(-c2nc(-c3ccc(F)c(Cl)c3)no2)cc1N. The molecule has 0 saturated heterocycles. The molecule has 106 valence electrons. The molecule has 6 heteroatoms. The number of aryl methyl sites for hydroxylation is 1. The lowest BCUT2D eigenvalue weighted by molar-refractivity contribution is 0.432. The average Bonchev–Trinajstić information content (AvgIpc) is 2.94. The molecule has 0 bridgehead atoms. The number of anilines is 1. The quantitative estimate of drug-likeness (QED) is 0.724. The van der Waals surface area contributed by atoms with E-state index in [2.05, 4.69) is 10.1 Å². The summed E-state index contributed by atoms with van der Waals surface area (Å²) in [6.45, 7) is 1.92. The van der Waals surface area contributed by atoms with E-state index in [1.54, 1.807) is 12.1 Å². The summed E-state index contributed by atoms with van der Waals surface area (Å²) in [4.78, 5) is 4.28. The van der Waals surface area contributed by atoms with Gasteiger partial charge in [-0.1, -0.05) is 22.8 Å². The third kappa shape index (κ3) is 2.60. The van der Waals surface area contributed by atoms with Crippen molar-refractivity contribution in [1.82, 2.24) is 10.1 Å². The molecular formula is C15H11ClFN3O. The third-order valence-electron chi connectivity index (χ3n) is 3.13. The predicted octanol–water partition coefficient (Wildman–Crippen LogP) is 4.09. The molecule has 3 rings (SSSR count). The van der Waals surface area contributed by atoms with Gasteiger partial charge >= 0.3 is 0 Å². The largest absolute Gasteiger partial charge is 0.398 e. The second-order valence-corrected chi connectivity index (χ2v) is 5.03. The minimum absolute atomic E-state index is 0.0124. The molecule has 0 aliphatic heterocycles. The molecule has 0 amide bonds. The van der Waals surface area contributed by atoms with Gasteiger partial charge in [-0.3, -0.25) is 0 Å². The number of nitrogens with two attached hydrogens (primary N) is 1. The van der Waals surface area contributed by atoms with Crippen molar-refractivity contribution in [1.29, 1.82) is 0 Å². The van der Waals surface area contributed by atoms with Gasteiger partial charge < -0.3 is 10.3 Å². The highest BCUT2D eigenvalue weighted by Gasteiger charge is 2.12. The van der Waals surface area contributed by atoms with Crippen LogP contribution in [0.25, 0.3) is 22.8 Å². The van der Waals surface area contributed by atoms with Crippen LogP contribution in [-0.4, -0.2) is 10.1 Å². The number of nitrogens with zero attached hydrogens (tertiary/aromatic N) is 2. The van der Waals surface area contributed by atoms with Crippen LogP contribution in [0.2, 0.25) is 5.02 Å². The minimum Gasteiger partial charge on any atom is -0.398 e. The zero-order valence-corrected chi connectivity index (χ0v) is 11.9. The maximum Gasteiger partial charge on any atom is 0.258 e. The Bertz CT molecular complexity index is 750. The van der Waals surface area contributed by atoms with Crippen molar-refractivity contribution in [3.8, 4) is 22.8 Å². The Morgan fingerprint density at radius 2 is 1.90 bits per heavy atom. The van der Waals surface area contributed by atoms with Gasteiger partial charge in [0.05, 0.1) is 5.02 Å². The molecule has 0 radical (unpaired) electrons. The molecule has 2 N–H and O–H groups in total. The van der Waals surface area contributed by atoms with E-state index in [4.69, 9.17) is 21.9 Å². The Hall–Kier alpha value is -2.40. The number of hydrogen-bond donors (Lipinski definition) is 1. The van der Waals surface area contributed by atoms with Gasteiger partial charge in [0, 0.05) is 16.8 Å². The van der Waals surface area contributed by atoms with E-state index in [-0.39, 0.29) is 5.02 Å². The van der Waals surface area contributed by atoms with Crippen LogP contribution in [0.15, 0.2) is 40.9 Å². The number of nitrogen functional groups attached to an aromatic ring is 1. The van der Waals surface area contributed by atoms with Crippen molar-refractivity contribution >= 4 is 17.3 Å². The summed E-state index contributed by atoms with van der Waals surface area (Å²) >= 11 is 5.75. The van der Waals surface area contributed by atoms with Crippen LogP contribution in [0, 0.1) is 12.7 Å². The molecule has 0 atom stereocenters. The van der Waals surface area contributed by atoms with E-state index in [1.165, 1.54) is 12.1 Å². The van der Waals surface area contributed by atoms with Crippen molar-refractivity contribution in [2.75, 3.05) is 5.73 Å². The lowest BCUT2D eigenvalue weighted by Crippen LogP contribution is -1.90. The Balaban J connectivity index is 1.99. The van der Waals surface area contributed by atoms with Gasteiger partial charge in [0.2, 0.25) is 5.82 Å². The van der Waals surface area contributed by atoms with E-state index >= 15 is 0 Å². The second-order valence-electron chi connectivity index (χ2n) is 4.62. The summed E-state index contributed by atoms with van der Waals surface area (Å²) in [7, 11) is 0. The summed E-state index contributed by atoms with van der Waals surface area (Å²) in [5.41, 5.74) is 8.80. The summed E-state index contributed by atoms with van der Waals surface area (Å²) in [5.74, 6) is 0.193.